The van der Waals surface area contributed by atoms with Gasteiger partial charge in [-0.15, -0.1) is 0 Å². The zero-order valence-corrected chi connectivity index (χ0v) is 37.4. The lowest BCUT2D eigenvalue weighted by molar-refractivity contribution is 1.06. The predicted molar refractivity (Wildman–Crippen MR) is 285 cm³/mol. The Kier molecular flexibility index (Phi) is 9.76. The van der Waals surface area contributed by atoms with Crippen LogP contribution in [0.15, 0.2) is 249 Å². The van der Waals surface area contributed by atoms with Crippen molar-refractivity contribution in [1.29, 1.82) is 0 Å². The van der Waals surface area contributed by atoms with Gasteiger partial charge in [0.2, 0.25) is 0 Å². The Labute approximate surface area is 399 Å². The summed E-state index contributed by atoms with van der Waals surface area (Å²) in [5.74, 6) is 1.78. The monoisotopic (exact) mass is 879 g/mol. The van der Waals surface area contributed by atoms with E-state index in [1.165, 1.54) is 32.7 Å². The maximum atomic E-state index is 5.53. The van der Waals surface area contributed by atoms with Crippen LogP contribution in [0.25, 0.3) is 127 Å². The van der Waals surface area contributed by atoms with Crippen LogP contribution in [-0.4, -0.2) is 24.5 Å². The molecule has 0 unspecified atom stereocenters. The third kappa shape index (κ3) is 7.30. The minimum absolute atomic E-state index is 0.593. The maximum Gasteiger partial charge on any atom is 0.164 e. The molecule has 11 aromatic carbocycles. The standard InChI is InChI=1S/C64H41N5/c1-2-16-47-37-49(33-31-42(47)13-1)44-29-27-43(28-30-44)48-18-11-19-51(38-48)62-66-63(58-24-8-7-23-57(58)56-25-12-17-45-14-3-5-20-53(45)56)68-64(67-62)59-40-52(54-21-9-10-26-60(54)69-36-35-65-41-69)39-50-34-32-46-15-4-6-22-55(46)61(50)59/h1-41H. The summed E-state index contributed by atoms with van der Waals surface area (Å²) < 4.78 is 2.06. The van der Waals surface area contributed by atoms with Crippen LogP contribution in [0.3, 0.4) is 0 Å². The molecule has 0 spiro atoms. The van der Waals surface area contributed by atoms with E-state index >= 15 is 0 Å². The zero-order chi connectivity index (χ0) is 45.7. The average molecular weight is 880 g/mol. The number of para-hydroxylation sites is 1. The predicted octanol–water partition coefficient (Wildman–Crippen LogP) is 16.3. The molecular weight excluding hydrogens is 839 g/mol. The van der Waals surface area contributed by atoms with E-state index in [0.29, 0.717) is 17.5 Å². The number of rotatable bonds is 8. The van der Waals surface area contributed by atoms with Crippen molar-refractivity contribution in [3.05, 3.63) is 249 Å². The van der Waals surface area contributed by atoms with Crippen molar-refractivity contribution in [3.63, 3.8) is 0 Å². The second-order valence-corrected chi connectivity index (χ2v) is 17.5. The molecule has 0 N–H and O–H groups in total. The number of fused-ring (bicyclic) bond motifs is 5. The molecule has 322 valence electrons. The third-order valence-corrected chi connectivity index (χ3v) is 13.4. The Morgan fingerprint density at radius 3 is 1.62 bits per heavy atom. The molecule has 2 aromatic heterocycles. The summed E-state index contributed by atoms with van der Waals surface area (Å²) in [5.41, 5.74) is 12.6. The van der Waals surface area contributed by atoms with Gasteiger partial charge in [0.25, 0.3) is 0 Å². The molecule has 0 saturated carbocycles. The molecule has 5 heteroatoms. The van der Waals surface area contributed by atoms with Crippen molar-refractivity contribution < 1.29 is 0 Å². The average Bonchev–Trinajstić information content (AvgIpc) is 3.98. The van der Waals surface area contributed by atoms with Crippen molar-refractivity contribution >= 4 is 43.1 Å². The molecule has 13 rings (SSSR count). The fourth-order valence-electron chi connectivity index (χ4n) is 10.0. The van der Waals surface area contributed by atoms with Crippen molar-refractivity contribution in [2.24, 2.45) is 0 Å². The summed E-state index contributed by atoms with van der Waals surface area (Å²) in [4.78, 5) is 20.8. The highest BCUT2D eigenvalue weighted by molar-refractivity contribution is 6.15. The van der Waals surface area contributed by atoms with E-state index in [9.17, 15) is 0 Å². The lowest BCUT2D eigenvalue weighted by atomic mass is 9.92. The van der Waals surface area contributed by atoms with Crippen LogP contribution in [0, 0.1) is 0 Å². The van der Waals surface area contributed by atoms with E-state index in [1.54, 1.807) is 0 Å². The molecule has 0 aliphatic carbocycles. The molecular formula is C64H41N5. The van der Waals surface area contributed by atoms with Crippen LogP contribution in [0.5, 0.6) is 0 Å². The molecule has 0 atom stereocenters. The SMILES string of the molecule is c1cc(-c2ccc(-c3ccc4ccccc4c3)cc2)cc(-c2nc(-c3ccccc3-c3cccc4ccccc34)nc(-c3cc(-c4ccccc4-n4ccnc4)cc4ccc5ccccc5c34)n2)c1. The van der Waals surface area contributed by atoms with Crippen LogP contribution in [0.1, 0.15) is 0 Å². The van der Waals surface area contributed by atoms with Crippen molar-refractivity contribution in [2.45, 2.75) is 0 Å². The molecule has 13 aromatic rings. The van der Waals surface area contributed by atoms with E-state index < -0.39 is 0 Å². The topological polar surface area (TPSA) is 56.5 Å². The Bertz CT molecular complexity index is 4070. The van der Waals surface area contributed by atoms with Crippen molar-refractivity contribution in [3.8, 4) is 84.4 Å². The number of benzene rings is 11. The first-order chi connectivity index (χ1) is 34.2. The first kappa shape index (κ1) is 40.0. The van der Waals surface area contributed by atoms with Crippen LogP contribution < -0.4 is 0 Å². The van der Waals surface area contributed by atoms with E-state index in [2.05, 4.69) is 240 Å². The largest absolute Gasteiger partial charge is 0.306 e. The smallest absolute Gasteiger partial charge is 0.164 e. The summed E-state index contributed by atoms with van der Waals surface area (Å²) in [5, 5.41) is 9.27. The molecule has 0 saturated heterocycles. The fourth-order valence-corrected chi connectivity index (χ4v) is 10.0. The Morgan fingerprint density at radius 2 is 0.826 bits per heavy atom. The minimum Gasteiger partial charge on any atom is -0.306 e. The summed E-state index contributed by atoms with van der Waals surface area (Å²) in [6.45, 7) is 0. The number of hydrogen-bond donors (Lipinski definition) is 0. The molecule has 0 aliphatic rings. The molecule has 0 radical (unpaired) electrons. The van der Waals surface area contributed by atoms with Gasteiger partial charge in [0.15, 0.2) is 17.5 Å². The third-order valence-electron chi connectivity index (χ3n) is 13.4. The zero-order valence-electron chi connectivity index (χ0n) is 37.4. The van der Waals surface area contributed by atoms with Gasteiger partial charge in [0, 0.05) is 40.0 Å². The van der Waals surface area contributed by atoms with E-state index in [0.717, 1.165) is 77.3 Å². The van der Waals surface area contributed by atoms with Gasteiger partial charge in [-0.2, -0.15) is 0 Å². The second kappa shape index (κ2) is 16.8. The molecule has 2 heterocycles. The van der Waals surface area contributed by atoms with Crippen LogP contribution >= 0.6 is 0 Å². The van der Waals surface area contributed by atoms with Gasteiger partial charge in [-0.05, 0) is 107 Å². The summed E-state index contributed by atoms with van der Waals surface area (Å²) >= 11 is 0. The summed E-state index contributed by atoms with van der Waals surface area (Å²) in [6, 6.07) is 82.1. The Balaban J connectivity index is 1.02. The van der Waals surface area contributed by atoms with Crippen molar-refractivity contribution in [1.82, 2.24) is 24.5 Å². The van der Waals surface area contributed by atoms with E-state index in [-0.39, 0.29) is 0 Å². The Morgan fingerprint density at radius 1 is 0.290 bits per heavy atom. The Hall–Kier alpha value is -9.32. The molecule has 0 bridgehead atoms. The highest BCUT2D eigenvalue weighted by Gasteiger charge is 2.21. The number of aromatic nitrogens is 5. The van der Waals surface area contributed by atoms with E-state index in [1.807, 2.05) is 18.7 Å². The minimum atomic E-state index is 0.593. The number of nitrogens with zero attached hydrogens (tertiary/aromatic N) is 5. The maximum absolute atomic E-state index is 5.53. The highest BCUT2D eigenvalue weighted by atomic mass is 15.0. The molecule has 0 aliphatic heterocycles. The summed E-state index contributed by atoms with van der Waals surface area (Å²) in [6.07, 6.45) is 5.65. The van der Waals surface area contributed by atoms with Gasteiger partial charge >= 0.3 is 0 Å². The fraction of sp³-hybridized carbons (Fsp3) is 0. The van der Waals surface area contributed by atoms with Gasteiger partial charge in [-0.3, -0.25) is 0 Å². The number of hydrogen-bond acceptors (Lipinski definition) is 4. The normalized spacial score (nSPS) is 11.5. The lowest BCUT2D eigenvalue weighted by Crippen LogP contribution is -2.02. The van der Waals surface area contributed by atoms with Crippen LogP contribution in [0.4, 0.5) is 0 Å². The molecule has 0 amide bonds. The molecule has 5 nitrogen and oxygen atoms in total. The first-order valence-electron chi connectivity index (χ1n) is 23.3. The van der Waals surface area contributed by atoms with Crippen molar-refractivity contribution in [2.75, 3.05) is 0 Å². The van der Waals surface area contributed by atoms with Crippen LogP contribution in [0.2, 0.25) is 0 Å². The molecule has 69 heavy (non-hydrogen) atoms. The highest BCUT2D eigenvalue weighted by Crippen LogP contribution is 2.41. The van der Waals surface area contributed by atoms with Gasteiger partial charge in [0.1, 0.15) is 0 Å². The lowest BCUT2D eigenvalue weighted by Gasteiger charge is -2.17. The first-order valence-corrected chi connectivity index (χ1v) is 23.3. The van der Waals surface area contributed by atoms with Gasteiger partial charge < -0.3 is 4.57 Å². The summed E-state index contributed by atoms with van der Waals surface area (Å²) in [7, 11) is 0. The van der Waals surface area contributed by atoms with Crippen LogP contribution in [-0.2, 0) is 0 Å². The van der Waals surface area contributed by atoms with Gasteiger partial charge in [0.05, 0.1) is 12.0 Å². The van der Waals surface area contributed by atoms with E-state index in [4.69, 9.17) is 15.0 Å². The molecule has 0 fully saturated rings. The second-order valence-electron chi connectivity index (χ2n) is 17.5. The quantitative estimate of drug-likeness (QED) is 0.143. The van der Waals surface area contributed by atoms with Gasteiger partial charge in [-0.1, -0.05) is 200 Å². The number of imidazole rings is 1. The van der Waals surface area contributed by atoms with Gasteiger partial charge in [-0.25, -0.2) is 19.9 Å².